The fourth-order valence-electron chi connectivity index (χ4n) is 0.990. The first kappa shape index (κ1) is 11.3. The van der Waals surface area contributed by atoms with Gasteiger partial charge in [-0.15, -0.1) is 10.2 Å². The molecule has 0 saturated heterocycles. The van der Waals surface area contributed by atoms with Crippen LogP contribution in [-0.2, 0) is 0 Å². The molecule has 82 valence electrons. The molecule has 0 aliphatic carbocycles. The number of halogens is 1. The van der Waals surface area contributed by atoms with Crippen molar-refractivity contribution in [3.05, 3.63) is 33.2 Å². The lowest BCUT2D eigenvalue weighted by Crippen LogP contribution is -1.64. The Morgan fingerprint density at radius 1 is 1.25 bits per heavy atom. The van der Waals surface area contributed by atoms with Gasteiger partial charge in [-0.25, -0.2) is 0 Å². The molecule has 2 aromatic rings. The van der Waals surface area contributed by atoms with Crippen LogP contribution in [-0.4, -0.2) is 10.1 Å². The molecule has 0 spiro atoms. The molecule has 7 heteroatoms. The topological polar surface area (TPSA) is 60.7 Å². The average molecular weight is 272 g/mol. The molecule has 1 heterocycles. The second kappa shape index (κ2) is 4.73. The van der Waals surface area contributed by atoms with E-state index < -0.39 is 0 Å². The molecule has 16 heavy (non-hydrogen) atoms. The van der Waals surface area contributed by atoms with Gasteiger partial charge in [0.1, 0.15) is 0 Å². The van der Waals surface area contributed by atoms with Gasteiger partial charge in [-0.1, -0.05) is 22.9 Å². The zero-order valence-corrected chi connectivity index (χ0v) is 10.2. The minimum atomic E-state index is -0.0623. The smallest absolute Gasteiger partial charge is 0.229 e. The second-order valence-electron chi connectivity index (χ2n) is 2.84. The predicted octanol–water partition coefficient (Wildman–Crippen LogP) is 4.58. The van der Waals surface area contributed by atoms with E-state index in [9.17, 15) is 5.11 Å². The van der Waals surface area contributed by atoms with Gasteiger partial charge in [0.05, 0.1) is 5.69 Å². The van der Waals surface area contributed by atoms with Crippen LogP contribution in [0.2, 0.25) is 5.02 Å². The van der Waals surface area contributed by atoms with Crippen LogP contribution in [0.25, 0.3) is 0 Å². The molecule has 0 radical (unpaired) electrons. The van der Waals surface area contributed by atoms with E-state index in [-0.39, 0.29) is 5.88 Å². The summed E-state index contributed by atoms with van der Waals surface area (Å²) in [5.74, 6) is -0.0623. The van der Waals surface area contributed by atoms with Crippen molar-refractivity contribution in [2.75, 3.05) is 0 Å². The highest BCUT2D eigenvalue weighted by molar-refractivity contribution is 7.73. The Morgan fingerprint density at radius 2 is 1.94 bits per heavy atom. The summed E-state index contributed by atoms with van der Waals surface area (Å²) in [5.41, 5.74) is 0.656. The number of aromatic amines is 1. The molecular weight excluding hydrogens is 266 g/mol. The lowest BCUT2D eigenvalue weighted by atomic mass is 10.3. The van der Waals surface area contributed by atoms with Gasteiger partial charge in [0.2, 0.25) is 10.9 Å². The molecule has 0 aliphatic rings. The van der Waals surface area contributed by atoms with Gasteiger partial charge in [0.15, 0.2) is 3.95 Å². The van der Waals surface area contributed by atoms with Crippen molar-refractivity contribution in [2.45, 2.75) is 0 Å². The summed E-state index contributed by atoms with van der Waals surface area (Å²) < 4.78 is 0.461. The highest BCUT2D eigenvalue weighted by Gasteiger charge is 2.02. The van der Waals surface area contributed by atoms with Crippen molar-refractivity contribution in [2.24, 2.45) is 10.2 Å². The summed E-state index contributed by atoms with van der Waals surface area (Å²) in [6.07, 6.45) is 0. The van der Waals surface area contributed by atoms with Gasteiger partial charge in [0.25, 0.3) is 0 Å². The molecule has 0 amide bonds. The Morgan fingerprint density at radius 3 is 2.50 bits per heavy atom. The van der Waals surface area contributed by atoms with E-state index in [1.807, 2.05) is 0 Å². The van der Waals surface area contributed by atoms with E-state index in [1.54, 1.807) is 24.3 Å². The number of aromatic nitrogens is 1. The van der Waals surface area contributed by atoms with E-state index in [0.717, 1.165) is 11.3 Å². The number of hydrogen-bond acceptors (Lipinski definition) is 5. The summed E-state index contributed by atoms with van der Waals surface area (Å²) in [4.78, 5) is 2.57. The van der Waals surface area contributed by atoms with Crippen molar-refractivity contribution in [1.29, 1.82) is 0 Å². The Bertz CT molecular complexity index is 573. The Labute approximate surface area is 105 Å². The number of hydrogen-bond donors (Lipinski definition) is 2. The van der Waals surface area contributed by atoms with Crippen LogP contribution in [0.15, 0.2) is 34.5 Å². The molecule has 0 unspecified atom stereocenters. The van der Waals surface area contributed by atoms with Crippen molar-refractivity contribution >= 4 is 45.8 Å². The summed E-state index contributed by atoms with van der Waals surface area (Å²) in [7, 11) is 0. The zero-order chi connectivity index (χ0) is 11.5. The van der Waals surface area contributed by atoms with Crippen LogP contribution < -0.4 is 0 Å². The molecule has 1 aromatic carbocycles. The van der Waals surface area contributed by atoms with Crippen molar-refractivity contribution in [3.63, 3.8) is 0 Å². The highest BCUT2D eigenvalue weighted by atomic mass is 35.5. The Kier molecular flexibility index (Phi) is 3.33. The van der Waals surface area contributed by atoms with Gasteiger partial charge in [0, 0.05) is 5.02 Å². The molecule has 2 rings (SSSR count). The maximum Gasteiger partial charge on any atom is 0.229 e. The zero-order valence-electron chi connectivity index (χ0n) is 7.85. The molecule has 0 saturated carbocycles. The number of rotatable bonds is 2. The summed E-state index contributed by atoms with van der Waals surface area (Å²) in [6.45, 7) is 0. The quantitative estimate of drug-likeness (QED) is 0.620. The van der Waals surface area contributed by atoms with Gasteiger partial charge < -0.3 is 10.1 Å². The van der Waals surface area contributed by atoms with Crippen LogP contribution in [0.1, 0.15) is 0 Å². The predicted molar refractivity (Wildman–Crippen MR) is 66.8 cm³/mol. The fourth-order valence-corrected chi connectivity index (χ4v) is 2.00. The maximum atomic E-state index is 9.37. The van der Waals surface area contributed by atoms with Crippen LogP contribution >= 0.6 is 35.2 Å². The lowest BCUT2D eigenvalue weighted by Gasteiger charge is -1.91. The summed E-state index contributed by atoms with van der Waals surface area (Å²) in [6, 6.07) is 6.90. The lowest BCUT2D eigenvalue weighted by molar-refractivity contribution is 0.458. The van der Waals surface area contributed by atoms with Gasteiger partial charge in [-0.2, -0.15) is 0 Å². The van der Waals surface area contributed by atoms with Crippen LogP contribution in [0.4, 0.5) is 10.7 Å². The standard InChI is InChI=1S/C9H6ClN3OS2/c10-5-1-3-6(4-2-5)12-13-8-7(14)11-9(15)16-8/h1-4,14H,(H,11,15). The first-order valence-electron chi connectivity index (χ1n) is 4.24. The van der Waals surface area contributed by atoms with E-state index in [1.165, 1.54) is 0 Å². The first-order chi connectivity index (χ1) is 7.65. The fraction of sp³-hybridized carbons (Fsp3) is 0. The van der Waals surface area contributed by atoms with Crippen molar-refractivity contribution < 1.29 is 5.11 Å². The Balaban J connectivity index is 2.24. The normalized spacial score (nSPS) is 11.1. The first-order valence-corrected chi connectivity index (χ1v) is 5.85. The molecule has 1 aromatic heterocycles. The van der Waals surface area contributed by atoms with Crippen molar-refractivity contribution in [1.82, 2.24) is 4.98 Å². The molecule has 0 aliphatic heterocycles. The monoisotopic (exact) mass is 271 g/mol. The summed E-state index contributed by atoms with van der Waals surface area (Å²) >= 11 is 11.7. The number of benzene rings is 1. The third-order valence-electron chi connectivity index (χ3n) is 1.70. The van der Waals surface area contributed by atoms with Crippen LogP contribution in [0.5, 0.6) is 5.88 Å². The number of nitrogens with zero attached hydrogens (tertiary/aromatic N) is 2. The van der Waals surface area contributed by atoms with E-state index >= 15 is 0 Å². The average Bonchev–Trinajstić information content (AvgIpc) is 2.57. The van der Waals surface area contributed by atoms with E-state index in [0.29, 0.717) is 19.7 Å². The van der Waals surface area contributed by atoms with Gasteiger partial charge in [-0.05, 0) is 36.5 Å². The molecule has 0 atom stereocenters. The van der Waals surface area contributed by atoms with E-state index in [2.05, 4.69) is 15.2 Å². The third-order valence-corrected chi connectivity index (χ3v) is 3.06. The SMILES string of the molecule is Oc1[nH]c(=S)sc1N=Nc1ccc(Cl)cc1. The number of aromatic hydroxyl groups is 1. The molecule has 0 fully saturated rings. The van der Waals surface area contributed by atoms with Gasteiger partial charge in [-0.3, -0.25) is 0 Å². The largest absolute Gasteiger partial charge is 0.492 e. The van der Waals surface area contributed by atoms with Crippen LogP contribution in [0.3, 0.4) is 0 Å². The minimum absolute atomic E-state index is 0.0623. The number of thiazole rings is 1. The third kappa shape index (κ3) is 2.66. The maximum absolute atomic E-state index is 9.37. The number of H-pyrrole nitrogens is 1. The Hall–Kier alpha value is -1.24. The highest BCUT2D eigenvalue weighted by Crippen LogP contribution is 2.32. The van der Waals surface area contributed by atoms with Crippen molar-refractivity contribution in [3.8, 4) is 5.88 Å². The molecule has 0 bridgehead atoms. The number of azo groups is 1. The molecule has 4 nitrogen and oxygen atoms in total. The summed E-state index contributed by atoms with van der Waals surface area (Å²) in [5, 5.41) is 18.2. The van der Waals surface area contributed by atoms with Gasteiger partial charge >= 0.3 is 0 Å². The van der Waals surface area contributed by atoms with Crippen LogP contribution in [0, 0.1) is 3.95 Å². The minimum Gasteiger partial charge on any atom is -0.492 e. The number of nitrogens with one attached hydrogen (secondary N) is 1. The molecular formula is C9H6ClN3OS2. The second-order valence-corrected chi connectivity index (χ2v) is 4.95. The van der Waals surface area contributed by atoms with E-state index in [4.69, 9.17) is 23.8 Å². The molecule has 2 N–H and O–H groups in total.